The normalized spacial score (nSPS) is 11.9. The van der Waals surface area contributed by atoms with Gasteiger partial charge in [0, 0.05) is 44.4 Å². The number of hydrogen-bond acceptors (Lipinski definition) is 4. The van der Waals surface area contributed by atoms with E-state index in [4.69, 9.17) is 15.0 Å². The maximum atomic E-state index is 5.18. The van der Waals surface area contributed by atoms with Crippen molar-refractivity contribution in [2.24, 2.45) is 0 Å². The molecule has 0 radical (unpaired) electrons. The molecule has 0 aliphatic heterocycles. The quantitative estimate of drug-likeness (QED) is 0.171. The molecule has 0 N–H and O–H groups in total. The molecule has 0 atom stereocenters. The summed E-state index contributed by atoms with van der Waals surface area (Å²) in [5.74, 6) is 0. The van der Waals surface area contributed by atoms with Gasteiger partial charge in [0.15, 0.2) is 0 Å². The molecule has 4 aromatic heterocycles. The monoisotopic (exact) mass is 710 g/mol. The predicted octanol–water partition coefficient (Wildman–Crippen LogP) is 13.4. The lowest BCUT2D eigenvalue weighted by molar-refractivity contribution is 1.36. The second-order valence-electron chi connectivity index (χ2n) is 14.7. The highest BCUT2D eigenvalue weighted by Gasteiger charge is 2.14. The minimum atomic E-state index is 0.922. The Hall–Kier alpha value is -7.56. The highest BCUT2D eigenvalue weighted by Crippen LogP contribution is 2.39. The van der Waals surface area contributed by atoms with Crippen LogP contribution in [0.15, 0.2) is 182 Å². The van der Waals surface area contributed by atoms with E-state index in [1.165, 1.54) is 32.3 Å². The lowest BCUT2D eigenvalue weighted by Crippen LogP contribution is -1.90. The molecule has 4 heteroatoms. The van der Waals surface area contributed by atoms with E-state index in [-0.39, 0.29) is 0 Å². The Balaban J connectivity index is 0.833. The first-order valence-electron chi connectivity index (χ1n) is 18.9. The smallest absolute Gasteiger partial charge is 0.0972 e. The van der Waals surface area contributed by atoms with Crippen molar-refractivity contribution in [1.82, 2.24) is 19.9 Å². The predicted molar refractivity (Wildman–Crippen MR) is 233 cm³/mol. The van der Waals surface area contributed by atoms with Gasteiger partial charge >= 0.3 is 0 Å². The number of hydrogen-bond donors (Lipinski definition) is 0. The topological polar surface area (TPSA) is 51.6 Å². The first-order chi connectivity index (χ1) is 27.7. The Morgan fingerprint density at radius 2 is 0.804 bits per heavy atom. The molecule has 0 amide bonds. The first-order valence-corrected chi connectivity index (χ1v) is 18.9. The summed E-state index contributed by atoms with van der Waals surface area (Å²) in [4.78, 5) is 19.9. The van der Waals surface area contributed by atoms with Gasteiger partial charge in [0.1, 0.15) is 0 Å². The maximum absolute atomic E-state index is 5.18. The van der Waals surface area contributed by atoms with Crippen molar-refractivity contribution in [3.8, 4) is 44.9 Å². The number of pyridine rings is 4. The molecule has 0 saturated carbocycles. The Morgan fingerprint density at radius 1 is 0.304 bits per heavy atom. The number of fused-ring (bicyclic) bond motifs is 5. The summed E-state index contributed by atoms with van der Waals surface area (Å²) in [6.07, 6.45) is 1.83. The van der Waals surface area contributed by atoms with Crippen molar-refractivity contribution >= 4 is 75.9 Å². The Labute approximate surface area is 321 Å². The van der Waals surface area contributed by atoms with Crippen LogP contribution < -0.4 is 0 Å². The summed E-state index contributed by atoms with van der Waals surface area (Å²) in [6.45, 7) is 0. The van der Waals surface area contributed by atoms with Crippen LogP contribution in [0.5, 0.6) is 0 Å². The van der Waals surface area contributed by atoms with Crippen LogP contribution in [-0.2, 0) is 0 Å². The number of nitrogens with zero attached hydrogens (tertiary/aromatic N) is 4. The molecule has 0 aliphatic carbocycles. The van der Waals surface area contributed by atoms with Gasteiger partial charge in [0.2, 0.25) is 0 Å². The summed E-state index contributed by atoms with van der Waals surface area (Å²) in [5.41, 5.74) is 12.2. The van der Waals surface area contributed by atoms with Crippen LogP contribution >= 0.6 is 0 Å². The van der Waals surface area contributed by atoms with Crippen molar-refractivity contribution in [2.45, 2.75) is 0 Å². The summed E-state index contributed by atoms with van der Waals surface area (Å²) in [5, 5.41) is 12.1. The van der Waals surface area contributed by atoms with Crippen molar-refractivity contribution < 1.29 is 0 Å². The number of benzene rings is 8. The molecule has 8 aromatic carbocycles. The minimum Gasteiger partial charge on any atom is -0.254 e. The van der Waals surface area contributed by atoms with E-state index in [9.17, 15) is 0 Å². The van der Waals surface area contributed by atoms with E-state index in [1.807, 2.05) is 12.3 Å². The fraction of sp³-hybridized carbons (Fsp3) is 0. The van der Waals surface area contributed by atoms with Gasteiger partial charge in [0.05, 0.1) is 39.1 Å². The van der Waals surface area contributed by atoms with Crippen molar-refractivity contribution in [3.63, 3.8) is 0 Å². The molecule has 0 spiro atoms. The zero-order valence-corrected chi connectivity index (χ0v) is 30.1. The van der Waals surface area contributed by atoms with Gasteiger partial charge < -0.3 is 0 Å². The second kappa shape index (κ2) is 12.0. The third-order valence-corrected chi connectivity index (χ3v) is 11.4. The van der Waals surface area contributed by atoms with Crippen LogP contribution in [0, 0.1) is 0 Å². The number of aromatic nitrogens is 4. The van der Waals surface area contributed by atoms with Crippen LogP contribution in [-0.4, -0.2) is 19.9 Å². The summed E-state index contributed by atoms with van der Waals surface area (Å²) >= 11 is 0. The summed E-state index contributed by atoms with van der Waals surface area (Å²) < 4.78 is 0. The zero-order valence-electron chi connectivity index (χ0n) is 30.1. The molecular weight excluding hydrogens is 681 g/mol. The van der Waals surface area contributed by atoms with Gasteiger partial charge in [-0.05, 0) is 92.0 Å². The van der Waals surface area contributed by atoms with Gasteiger partial charge in [0.25, 0.3) is 0 Å². The van der Waals surface area contributed by atoms with E-state index in [1.54, 1.807) is 0 Å². The van der Waals surface area contributed by atoms with Gasteiger partial charge in [-0.3, -0.25) is 4.98 Å². The van der Waals surface area contributed by atoms with E-state index < -0.39 is 0 Å². The molecule has 0 saturated heterocycles. The largest absolute Gasteiger partial charge is 0.254 e. The summed E-state index contributed by atoms with van der Waals surface area (Å²) in [6, 6.07) is 62.6. The van der Waals surface area contributed by atoms with Crippen LogP contribution in [0.4, 0.5) is 0 Å². The molecule has 4 nitrogen and oxygen atoms in total. The van der Waals surface area contributed by atoms with E-state index in [0.29, 0.717) is 0 Å². The van der Waals surface area contributed by atoms with Crippen LogP contribution in [0.2, 0.25) is 0 Å². The SMILES string of the molecule is c1cnc2c(c1)ccc1ccc(-c3ccc(-c4ccc5cc(-c6ccc7nc(-c8ccc9ccc%10cccc%11ccc8c9c%10%11)ccc7c6)ccc5n4)cc3)nc12. The van der Waals surface area contributed by atoms with E-state index in [0.717, 1.165) is 88.5 Å². The Morgan fingerprint density at radius 3 is 1.52 bits per heavy atom. The number of rotatable bonds is 4. The third kappa shape index (κ3) is 4.86. The Kier molecular flexibility index (Phi) is 6.60. The van der Waals surface area contributed by atoms with Crippen molar-refractivity contribution in [1.29, 1.82) is 0 Å². The zero-order chi connectivity index (χ0) is 36.7. The van der Waals surface area contributed by atoms with Crippen LogP contribution in [0.25, 0.3) is 121 Å². The minimum absolute atomic E-state index is 0.922. The molecule has 0 unspecified atom stereocenters. The van der Waals surface area contributed by atoms with Crippen molar-refractivity contribution in [3.05, 3.63) is 182 Å². The third-order valence-electron chi connectivity index (χ3n) is 11.4. The molecule has 4 heterocycles. The first kappa shape index (κ1) is 30.9. The molecule has 12 rings (SSSR count). The van der Waals surface area contributed by atoms with Gasteiger partial charge in [-0.25, -0.2) is 15.0 Å². The van der Waals surface area contributed by atoms with Gasteiger partial charge in [-0.15, -0.1) is 0 Å². The van der Waals surface area contributed by atoms with Gasteiger partial charge in [-0.2, -0.15) is 0 Å². The molecule has 0 bridgehead atoms. The Bertz CT molecular complexity index is 3520. The average Bonchev–Trinajstić information content (AvgIpc) is 3.27. The molecular formula is C52H30N4. The maximum Gasteiger partial charge on any atom is 0.0972 e. The molecule has 12 aromatic rings. The van der Waals surface area contributed by atoms with Crippen LogP contribution in [0.1, 0.15) is 0 Å². The van der Waals surface area contributed by atoms with Crippen molar-refractivity contribution in [2.75, 3.05) is 0 Å². The van der Waals surface area contributed by atoms with E-state index in [2.05, 4.69) is 175 Å². The average molecular weight is 711 g/mol. The van der Waals surface area contributed by atoms with E-state index >= 15 is 0 Å². The second-order valence-corrected chi connectivity index (χ2v) is 14.7. The molecule has 56 heavy (non-hydrogen) atoms. The van der Waals surface area contributed by atoms with Gasteiger partial charge in [-0.1, -0.05) is 127 Å². The molecule has 258 valence electrons. The molecule has 0 aliphatic rings. The fourth-order valence-corrected chi connectivity index (χ4v) is 8.58. The molecule has 0 fully saturated rings. The standard InChI is InChI=1S/C52H30N4/c1-3-33-10-11-35-14-21-42(43-22-15-34(4-1)49(33)50(35)43)48-27-20-41-30-39(18-25-47(41)55-48)38-17-24-46-40(29-38)19-26-44(54-46)31-6-8-32(9-7-31)45-23-16-37-13-12-36-5-2-28-53-51(36)52(37)56-45/h1-30H. The lowest BCUT2D eigenvalue weighted by atomic mass is 9.91. The van der Waals surface area contributed by atoms with Crippen LogP contribution in [0.3, 0.4) is 0 Å². The highest BCUT2D eigenvalue weighted by atomic mass is 14.8. The highest BCUT2D eigenvalue weighted by molar-refractivity contribution is 6.25. The fourth-order valence-electron chi connectivity index (χ4n) is 8.58. The lowest BCUT2D eigenvalue weighted by Gasteiger charge is -2.14. The summed E-state index contributed by atoms with van der Waals surface area (Å²) in [7, 11) is 0.